The Hall–Kier alpha value is -0.480. The second-order valence-corrected chi connectivity index (χ2v) is 3.38. The van der Waals surface area contributed by atoms with E-state index >= 15 is 0 Å². The Labute approximate surface area is 71.7 Å². The molecule has 0 amide bonds. The van der Waals surface area contributed by atoms with E-state index in [4.69, 9.17) is 5.73 Å². The second-order valence-electron chi connectivity index (χ2n) is 3.38. The Morgan fingerprint density at radius 2 is 2.08 bits per heavy atom. The minimum Gasteiger partial charge on any atom is -0.321 e. The number of halogens is 1. The van der Waals surface area contributed by atoms with Crippen LogP contribution in [0.2, 0.25) is 0 Å². The van der Waals surface area contributed by atoms with Gasteiger partial charge in [0.05, 0.1) is 6.04 Å². The summed E-state index contributed by atoms with van der Waals surface area (Å²) < 4.78 is 12.5. The molecule has 12 heavy (non-hydrogen) atoms. The summed E-state index contributed by atoms with van der Waals surface area (Å²) in [6, 6.07) is -0.390. The molecule has 1 unspecified atom stereocenters. The summed E-state index contributed by atoms with van der Waals surface area (Å²) in [7, 11) is 0. The summed E-state index contributed by atoms with van der Waals surface area (Å²) in [6.07, 6.45) is 1.38. The molecule has 2 N–H and O–H groups in total. The van der Waals surface area contributed by atoms with Gasteiger partial charge in [0.15, 0.2) is 0 Å². The lowest BCUT2D eigenvalue weighted by atomic mass is 9.89. The normalized spacial score (nSPS) is 23.9. The van der Waals surface area contributed by atoms with E-state index in [1.807, 2.05) is 0 Å². The number of nitrogens with two attached hydrogens (primary N) is 1. The fourth-order valence-corrected chi connectivity index (χ4v) is 1.56. The summed E-state index contributed by atoms with van der Waals surface area (Å²) in [5.74, 6) is 0.182. The number of nitrogens with zero attached hydrogens (tertiary/aromatic N) is 1. The highest BCUT2D eigenvalue weighted by Crippen LogP contribution is 2.19. The molecule has 0 aliphatic carbocycles. The van der Waals surface area contributed by atoms with Gasteiger partial charge in [0.2, 0.25) is 0 Å². The van der Waals surface area contributed by atoms with Crippen molar-refractivity contribution in [3.8, 4) is 0 Å². The lowest BCUT2D eigenvalue weighted by molar-refractivity contribution is -0.120. The van der Waals surface area contributed by atoms with Crippen LogP contribution in [0.4, 0.5) is 4.48 Å². The minimum absolute atomic E-state index is 0.00677. The molecule has 0 bridgehead atoms. The number of carbonyl (C=O) groups excluding carboxylic acids is 1. The molecule has 0 radical (unpaired) electrons. The molecule has 1 atom stereocenters. The highest BCUT2D eigenvalue weighted by molar-refractivity contribution is 5.81. The van der Waals surface area contributed by atoms with E-state index in [0.717, 1.165) is 5.12 Å². The molecule has 1 saturated heterocycles. The van der Waals surface area contributed by atoms with Crippen molar-refractivity contribution in [2.24, 2.45) is 11.7 Å². The summed E-state index contributed by atoms with van der Waals surface area (Å²) in [4.78, 5) is 10.9. The van der Waals surface area contributed by atoms with Gasteiger partial charge in [-0.25, -0.2) is 0 Å². The van der Waals surface area contributed by atoms with Crippen molar-refractivity contribution in [2.45, 2.75) is 25.8 Å². The van der Waals surface area contributed by atoms with Crippen molar-refractivity contribution in [2.75, 3.05) is 13.1 Å². The van der Waals surface area contributed by atoms with Gasteiger partial charge in [-0.15, -0.1) is 9.60 Å². The topological polar surface area (TPSA) is 46.3 Å². The molecular weight excluding hydrogens is 159 g/mol. The summed E-state index contributed by atoms with van der Waals surface area (Å²) >= 11 is 0. The Kier molecular flexibility index (Phi) is 3.17. The molecule has 1 aliphatic heterocycles. The van der Waals surface area contributed by atoms with Crippen LogP contribution < -0.4 is 5.73 Å². The van der Waals surface area contributed by atoms with Crippen LogP contribution in [0.3, 0.4) is 0 Å². The van der Waals surface area contributed by atoms with Gasteiger partial charge < -0.3 is 5.73 Å². The molecular formula is C8H15FN2O. The molecule has 0 aromatic rings. The largest absolute Gasteiger partial charge is 0.321 e. The summed E-state index contributed by atoms with van der Waals surface area (Å²) in [5.41, 5.74) is 5.65. The third-order valence-electron chi connectivity index (χ3n) is 2.46. The van der Waals surface area contributed by atoms with Crippen LogP contribution in [-0.2, 0) is 4.79 Å². The van der Waals surface area contributed by atoms with Gasteiger partial charge in [-0.1, -0.05) is 0 Å². The van der Waals surface area contributed by atoms with Crippen molar-refractivity contribution in [3.63, 3.8) is 0 Å². The number of ketones is 1. The molecule has 4 heteroatoms. The first-order valence-corrected chi connectivity index (χ1v) is 4.28. The highest BCUT2D eigenvalue weighted by Gasteiger charge is 2.26. The molecule has 0 aromatic carbocycles. The number of piperidine rings is 1. The predicted octanol–water partition coefficient (Wildman–Crippen LogP) is 0.499. The van der Waals surface area contributed by atoms with E-state index in [1.54, 1.807) is 0 Å². The van der Waals surface area contributed by atoms with Crippen molar-refractivity contribution < 1.29 is 9.28 Å². The maximum Gasteiger partial charge on any atom is 0.146 e. The molecule has 1 aliphatic rings. The SMILES string of the molecule is CC(=O)C(N)C1CCN(F)CC1. The van der Waals surface area contributed by atoms with E-state index < -0.39 is 6.04 Å². The van der Waals surface area contributed by atoms with Gasteiger partial charge >= 0.3 is 0 Å². The van der Waals surface area contributed by atoms with Crippen LogP contribution in [0, 0.1) is 5.92 Å². The van der Waals surface area contributed by atoms with E-state index in [9.17, 15) is 9.28 Å². The van der Waals surface area contributed by atoms with Crippen molar-refractivity contribution in [3.05, 3.63) is 0 Å². The summed E-state index contributed by atoms with van der Waals surface area (Å²) in [6.45, 7) is 2.31. The number of hydrogen-bond donors (Lipinski definition) is 1. The smallest absolute Gasteiger partial charge is 0.146 e. The third kappa shape index (κ3) is 2.25. The first-order chi connectivity index (χ1) is 5.61. The number of carbonyl (C=O) groups is 1. The van der Waals surface area contributed by atoms with Crippen LogP contribution in [0.15, 0.2) is 0 Å². The van der Waals surface area contributed by atoms with Gasteiger partial charge in [0.1, 0.15) is 5.78 Å². The zero-order valence-corrected chi connectivity index (χ0v) is 7.29. The fraction of sp³-hybridized carbons (Fsp3) is 0.875. The van der Waals surface area contributed by atoms with Gasteiger partial charge in [-0.05, 0) is 25.7 Å². The Morgan fingerprint density at radius 1 is 1.58 bits per heavy atom. The molecule has 1 fully saturated rings. The van der Waals surface area contributed by atoms with Gasteiger partial charge in [-0.3, -0.25) is 4.79 Å². The van der Waals surface area contributed by atoms with Crippen LogP contribution in [0.1, 0.15) is 19.8 Å². The maximum absolute atomic E-state index is 12.5. The van der Waals surface area contributed by atoms with Gasteiger partial charge in [0, 0.05) is 13.1 Å². The Balaban J connectivity index is 2.39. The Bertz CT molecular complexity index is 166. The van der Waals surface area contributed by atoms with E-state index in [2.05, 4.69) is 0 Å². The average Bonchev–Trinajstić information content (AvgIpc) is 2.04. The van der Waals surface area contributed by atoms with Crippen molar-refractivity contribution >= 4 is 5.78 Å². The monoisotopic (exact) mass is 174 g/mol. The zero-order chi connectivity index (χ0) is 9.14. The van der Waals surface area contributed by atoms with Crippen molar-refractivity contribution in [1.29, 1.82) is 0 Å². The van der Waals surface area contributed by atoms with Crippen LogP contribution >= 0.6 is 0 Å². The number of Topliss-reactive ketones (excluding diaryl/α,β-unsaturated/α-hetero) is 1. The molecule has 0 spiro atoms. The lowest BCUT2D eigenvalue weighted by Gasteiger charge is -2.28. The molecule has 1 rings (SSSR count). The highest BCUT2D eigenvalue weighted by atomic mass is 19.2. The van der Waals surface area contributed by atoms with Crippen LogP contribution in [0.5, 0.6) is 0 Å². The van der Waals surface area contributed by atoms with Gasteiger partial charge in [-0.2, -0.15) is 0 Å². The fourth-order valence-electron chi connectivity index (χ4n) is 1.56. The summed E-state index contributed by atoms with van der Waals surface area (Å²) in [5, 5.41) is 0.781. The van der Waals surface area contributed by atoms with E-state index in [0.29, 0.717) is 25.9 Å². The first kappa shape index (κ1) is 9.61. The zero-order valence-electron chi connectivity index (χ0n) is 7.29. The van der Waals surface area contributed by atoms with Gasteiger partial charge in [0.25, 0.3) is 0 Å². The average molecular weight is 174 g/mol. The minimum atomic E-state index is -0.390. The van der Waals surface area contributed by atoms with Crippen LogP contribution in [0.25, 0.3) is 0 Å². The van der Waals surface area contributed by atoms with E-state index in [-0.39, 0.29) is 11.7 Å². The molecule has 1 heterocycles. The quantitative estimate of drug-likeness (QED) is 0.620. The first-order valence-electron chi connectivity index (χ1n) is 4.28. The molecule has 0 saturated carbocycles. The molecule has 70 valence electrons. The number of rotatable bonds is 2. The second kappa shape index (κ2) is 3.96. The van der Waals surface area contributed by atoms with Crippen molar-refractivity contribution in [1.82, 2.24) is 5.12 Å². The van der Waals surface area contributed by atoms with E-state index in [1.165, 1.54) is 6.92 Å². The molecule has 3 nitrogen and oxygen atoms in total. The number of hydrogen-bond acceptors (Lipinski definition) is 3. The lowest BCUT2D eigenvalue weighted by Crippen LogP contribution is -2.42. The standard InChI is InChI=1S/C8H15FN2O/c1-6(12)8(10)7-2-4-11(9)5-3-7/h7-8H,2-5,10H2,1H3. The predicted molar refractivity (Wildman–Crippen MR) is 44.1 cm³/mol. The maximum atomic E-state index is 12.5. The third-order valence-corrected chi connectivity index (χ3v) is 2.46. The Morgan fingerprint density at radius 3 is 2.50 bits per heavy atom. The molecule has 0 aromatic heterocycles. The van der Waals surface area contributed by atoms with Crippen LogP contribution in [-0.4, -0.2) is 30.0 Å².